The Kier molecular flexibility index (Phi) is 7.94. The summed E-state index contributed by atoms with van der Waals surface area (Å²) in [4.78, 5) is 20.0. The molecule has 9 nitrogen and oxygen atoms in total. The maximum atomic E-state index is 13.2. The maximum absolute atomic E-state index is 13.2. The summed E-state index contributed by atoms with van der Waals surface area (Å²) in [5, 5.41) is 9.59. The van der Waals surface area contributed by atoms with Crippen molar-refractivity contribution in [3.8, 4) is 5.75 Å². The lowest BCUT2D eigenvalue weighted by atomic mass is 10.1. The lowest BCUT2D eigenvalue weighted by Gasteiger charge is -2.32. The van der Waals surface area contributed by atoms with Gasteiger partial charge in [0.05, 0.1) is 29.4 Å². The first kappa shape index (κ1) is 23.1. The molecule has 0 saturated heterocycles. The van der Waals surface area contributed by atoms with Crippen molar-refractivity contribution in [1.82, 2.24) is 14.3 Å². The molecule has 2 aromatic rings. The summed E-state index contributed by atoms with van der Waals surface area (Å²) in [5.74, 6) is -0.682. The number of fused-ring (bicyclic) bond motifs is 1. The zero-order valence-electron chi connectivity index (χ0n) is 17.4. The average Bonchev–Trinajstić information content (AvgIpc) is 2.78. The second kappa shape index (κ2) is 10.7. The summed E-state index contributed by atoms with van der Waals surface area (Å²) in [6.45, 7) is 3.78. The number of benzene rings is 1. The highest BCUT2D eigenvalue weighted by Crippen LogP contribution is 2.28. The summed E-state index contributed by atoms with van der Waals surface area (Å²) in [6, 6.07) is 4.75. The van der Waals surface area contributed by atoms with Gasteiger partial charge in [-0.05, 0) is 30.7 Å². The van der Waals surface area contributed by atoms with E-state index in [0.29, 0.717) is 30.4 Å². The molecule has 0 saturated carbocycles. The molecule has 1 atom stereocenters. The highest BCUT2D eigenvalue weighted by Gasteiger charge is 2.40. The lowest BCUT2D eigenvalue weighted by molar-refractivity contribution is -0.141. The first-order valence-electron chi connectivity index (χ1n) is 10.3. The Labute approximate surface area is 182 Å². The molecule has 1 aromatic carbocycles. The van der Waals surface area contributed by atoms with Gasteiger partial charge >= 0.3 is 5.97 Å². The molecule has 10 heteroatoms. The number of hydrogen-bond acceptors (Lipinski definition) is 7. The van der Waals surface area contributed by atoms with E-state index in [0.717, 1.165) is 30.2 Å². The molecule has 1 aliphatic rings. The van der Waals surface area contributed by atoms with Crippen LogP contribution < -0.4 is 4.74 Å². The average molecular weight is 450 g/mol. The molecule has 0 aliphatic carbocycles. The second-order valence-electron chi connectivity index (χ2n) is 7.20. The number of carboxylic acid groups (broad SMARTS) is 1. The van der Waals surface area contributed by atoms with Gasteiger partial charge in [0.2, 0.25) is 10.0 Å². The number of carbonyl (C=O) groups is 1. The Hall–Kier alpha value is -2.56. The van der Waals surface area contributed by atoms with Gasteiger partial charge in [0.25, 0.3) is 0 Å². The number of ether oxygens (including phenoxy) is 2. The minimum Gasteiger partial charge on any atom is -0.494 e. The second-order valence-corrected chi connectivity index (χ2v) is 9.09. The van der Waals surface area contributed by atoms with E-state index in [1.807, 2.05) is 0 Å². The van der Waals surface area contributed by atoms with Crippen molar-refractivity contribution in [2.75, 3.05) is 19.8 Å². The Morgan fingerprint density at radius 3 is 2.45 bits per heavy atom. The maximum Gasteiger partial charge on any atom is 0.322 e. The molecule has 0 bridgehead atoms. The van der Waals surface area contributed by atoms with E-state index in [1.54, 1.807) is 12.1 Å². The van der Waals surface area contributed by atoms with Gasteiger partial charge in [-0.1, -0.05) is 13.3 Å². The molecule has 1 aliphatic heterocycles. The van der Waals surface area contributed by atoms with Gasteiger partial charge in [-0.2, -0.15) is 4.31 Å². The van der Waals surface area contributed by atoms with Crippen molar-refractivity contribution in [2.24, 2.45) is 0 Å². The number of carboxylic acids is 1. The third-order valence-electron chi connectivity index (χ3n) is 4.96. The van der Waals surface area contributed by atoms with Crippen molar-refractivity contribution in [3.63, 3.8) is 0 Å². The van der Waals surface area contributed by atoms with Crippen LogP contribution in [0.1, 0.15) is 37.6 Å². The summed E-state index contributed by atoms with van der Waals surface area (Å²) >= 11 is 0. The van der Waals surface area contributed by atoms with Gasteiger partial charge in [0.1, 0.15) is 11.8 Å². The summed E-state index contributed by atoms with van der Waals surface area (Å²) in [6.07, 6.45) is 5.77. The predicted molar refractivity (Wildman–Crippen MR) is 112 cm³/mol. The molecule has 0 radical (unpaired) electrons. The Balaban J connectivity index is 1.65. The van der Waals surface area contributed by atoms with Gasteiger partial charge < -0.3 is 14.6 Å². The number of aliphatic carboxylic acids is 1. The predicted octanol–water partition coefficient (Wildman–Crippen LogP) is 2.26. The van der Waals surface area contributed by atoms with Crippen molar-refractivity contribution in [3.05, 3.63) is 48.0 Å². The Bertz CT molecular complexity index is 981. The molecule has 168 valence electrons. The summed E-state index contributed by atoms with van der Waals surface area (Å²) in [5.41, 5.74) is 0.966. The van der Waals surface area contributed by atoms with Crippen molar-refractivity contribution in [1.29, 1.82) is 0 Å². The third kappa shape index (κ3) is 5.78. The van der Waals surface area contributed by atoms with E-state index < -0.39 is 22.0 Å². The topological polar surface area (TPSA) is 119 Å². The van der Waals surface area contributed by atoms with Gasteiger partial charge in [0.15, 0.2) is 0 Å². The molecule has 1 N–H and O–H groups in total. The number of rotatable bonds is 11. The van der Waals surface area contributed by atoms with Crippen LogP contribution in [-0.4, -0.2) is 59.6 Å². The van der Waals surface area contributed by atoms with E-state index in [-0.39, 0.29) is 17.9 Å². The summed E-state index contributed by atoms with van der Waals surface area (Å²) in [7, 11) is -4.04. The van der Waals surface area contributed by atoms with E-state index in [4.69, 9.17) is 9.47 Å². The minimum absolute atomic E-state index is 0.00124. The zero-order valence-corrected chi connectivity index (χ0v) is 18.3. The number of nitrogens with zero attached hydrogens (tertiary/aromatic N) is 3. The molecule has 1 aromatic heterocycles. The number of hydrogen-bond donors (Lipinski definition) is 1. The van der Waals surface area contributed by atoms with Crippen LogP contribution in [-0.2, 0) is 32.5 Å². The molecule has 0 unspecified atom stereocenters. The van der Waals surface area contributed by atoms with Crippen LogP contribution in [0.4, 0.5) is 0 Å². The van der Waals surface area contributed by atoms with Crippen molar-refractivity contribution in [2.45, 2.75) is 50.1 Å². The fraction of sp³-hybridized carbons (Fsp3) is 0.476. The van der Waals surface area contributed by atoms with Crippen LogP contribution in [0.3, 0.4) is 0 Å². The first-order valence-corrected chi connectivity index (χ1v) is 11.7. The van der Waals surface area contributed by atoms with Crippen LogP contribution in [0.25, 0.3) is 0 Å². The fourth-order valence-electron chi connectivity index (χ4n) is 3.25. The van der Waals surface area contributed by atoms with Crippen LogP contribution in [0.15, 0.2) is 41.6 Å². The van der Waals surface area contributed by atoms with E-state index in [2.05, 4.69) is 16.9 Å². The standard InChI is InChI=1S/C21H27N3O6S/c1-2-3-11-29-12-4-13-30-16-5-7-17(8-6-16)31(27,28)24-15-19-18(22-9-10-23-19)14-20(24)21(25)26/h5-10,20H,2-4,11-15H2,1H3,(H,25,26)/t20-/m1/s1. The first-order chi connectivity index (χ1) is 14.9. The minimum atomic E-state index is -4.04. The SMILES string of the molecule is CCCCOCCCOc1ccc(S(=O)(=O)N2Cc3nccnc3C[C@@H]2C(=O)O)cc1. The molecule has 0 fully saturated rings. The van der Waals surface area contributed by atoms with Crippen molar-refractivity contribution >= 4 is 16.0 Å². The highest BCUT2D eigenvalue weighted by atomic mass is 32.2. The molecule has 2 heterocycles. The van der Waals surface area contributed by atoms with Crippen molar-refractivity contribution < 1.29 is 27.8 Å². The van der Waals surface area contributed by atoms with Gasteiger partial charge in [-0.3, -0.25) is 14.8 Å². The molecule has 0 amide bonds. The Morgan fingerprint density at radius 2 is 1.77 bits per heavy atom. The van der Waals surface area contributed by atoms with E-state index >= 15 is 0 Å². The third-order valence-corrected chi connectivity index (χ3v) is 6.83. The van der Waals surface area contributed by atoms with E-state index in [9.17, 15) is 18.3 Å². The molecule has 0 spiro atoms. The highest BCUT2D eigenvalue weighted by molar-refractivity contribution is 7.89. The normalized spacial score (nSPS) is 16.6. The molecular formula is C21H27N3O6S. The zero-order chi connectivity index (χ0) is 22.3. The molecule has 31 heavy (non-hydrogen) atoms. The fourth-order valence-corrected chi connectivity index (χ4v) is 4.79. The largest absolute Gasteiger partial charge is 0.494 e. The molecular weight excluding hydrogens is 422 g/mol. The monoisotopic (exact) mass is 449 g/mol. The van der Waals surface area contributed by atoms with E-state index in [1.165, 1.54) is 24.5 Å². The smallest absolute Gasteiger partial charge is 0.322 e. The number of aromatic nitrogens is 2. The Morgan fingerprint density at radius 1 is 1.10 bits per heavy atom. The van der Waals surface area contributed by atoms with Gasteiger partial charge in [-0.25, -0.2) is 8.42 Å². The van der Waals surface area contributed by atoms with Crippen LogP contribution >= 0.6 is 0 Å². The van der Waals surface area contributed by atoms with Gasteiger partial charge in [0, 0.05) is 38.4 Å². The van der Waals surface area contributed by atoms with Crippen LogP contribution in [0.2, 0.25) is 0 Å². The molecule has 3 rings (SSSR count). The van der Waals surface area contributed by atoms with Crippen LogP contribution in [0.5, 0.6) is 5.75 Å². The van der Waals surface area contributed by atoms with Crippen LogP contribution in [0, 0.1) is 0 Å². The number of sulfonamides is 1. The summed E-state index contributed by atoms with van der Waals surface area (Å²) < 4.78 is 38.4. The lowest BCUT2D eigenvalue weighted by Crippen LogP contribution is -2.49. The quantitative estimate of drug-likeness (QED) is 0.519. The van der Waals surface area contributed by atoms with Gasteiger partial charge in [-0.15, -0.1) is 0 Å². The number of unbranched alkanes of at least 4 members (excludes halogenated alkanes) is 1.